The van der Waals surface area contributed by atoms with Crippen LogP contribution in [0.3, 0.4) is 0 Å². The van der Waals surface area contributed by atoms with E-state index in [2.05, 4.69) is 5.32 Å². The summed E-state index contributed by atoms with van der Waals surface area (Å²) in [4.78, 5) is 14.1. The second kappa shape index (κ2) is 7.83. The minimum Gasteiger partial charge on any atom is -0.325 e. The van der Waals surface area contributed by atoms with E-state index in [-0.39, 0.29) is 24.2 Å². The number of nitrogens with zero attached hydrogens (tertiary/aromatic N) is 1. The fourth-order valence-corrected chi connectivity index (χ4v) is 2.25. The van der Waals surface area contributed by atoms with Gasteiger partial charge in [0.1, 0.15) is 11.6 Å². The van der Waals surface area contributed by atoms with Crippen LogP contribution >= 0.6 is 0 Å². The fourth-order valence-electron chi connectivity index (χ4n) is 2.25. The summed E-state index contributed by atoms with van der Waals surface area (Å²) in [5.41, 5.74) is 1.22. The van der Waals surface area contributed by atoms with Crippen LogP contribution in [-0.2, 0) is 11.3 Å². The third kappa shape index (κ3) is 5.45. The molecule has 0 saturated heterocycles. The second-order valence-corrected chi connectivity index (χ2v) is 5.69. The molecule has 5 heteroatoms. The Labute approximate surface area is 134 Å². The summed E-state index contributed by atoms with van der Waals surface area (Å²) in [5, 5.41) is 2.53. The quantitative estimate of drug-likeness (QED) is 0.878. The largest absolute Gasteiger partial charge is 0.325 e. The number of amides is 1. The first kappa shape index (κ1) is 17.1. The molecular formula is C18H20F2N2O. The molecule has 122 valence electrons. The van der Waals surface area contributed by atoms with Crippen LogP contribution in [0.1, 0.15) is 19.4 Å². The molecule has 2 rings (SSSR count). The highest BCUT2D eigenvalue weighted by molar-refractivity contribution is 5.92. The minimum absolute atomic E-state index is 0.121. The molecule has 0 aliphatic heterocycles. The normalized spacial score (nSPS) is 11.0. The lowest BCUT2D eigenvalue weighted by atomic mass is 10.2. The maximum absolute atomic E-state index is 13.2. The zero-order valence-electron chi connectivity index (χ0n) is 13.2. The number of benzene rings is 2. The van der Waals surface area contributed by atoms with Gasteiger partial charge in [0.05, 0.1) is 6.54 Å². The lowest BCUT2D eigenvalue weighted by Crippen LogP contribution is -2.37. The average molecular weight is 318 g/mol. The van der Waals surface area contributed by atoms with Crippen molar-refractivity contribution in [2.24, 2.45) is 0 Å². The molecule has 0 aromatic heterocycles. The number of anilines is 1. The Kier molecular flexibility index (Phi) is 5.82. The molecule has 2 aromatic carbocycles. The molecule has 0 heterocycles. The topological polar surface area (TPSA) is 32.3 Å². The van der Waals surface area contributed by atoms with Crippen molar-refractivity contribution in [2.45, 2.75) is 26.4 Å². The van der Waals surface area contributed by atoms with E-state index >= 15 is 0 Å². The summed E-state index contributed by atoms with van der Waals surface area (Å²) in [6.07, 6.45) is 0. The maximum Gasteiger partial charge on any atom is 0.238 e. The van der Waals surface area contributed by atoms with Crippen molar-refractivity contribution < 1.29 is 13.6 Å². The zero-order valence-corrected chi connectivity index (χ0v) is 13.2. The van der Waals surface area contributed by atoms with Crippen molar-refractivity contribution >= 4 is 11.6 Å². The summed E-state index contributed by atoms with van der Waals surface area (Å²) in [7, 11) is 0. The number of carbonyl (C=O) groups excluding carboxylic acids is 1. The molecule has 0 saturated carbocycles. The van der Waals surface area contributed by atoms with Gasteiger partial charge in [-0.25, -0.2) is 8.78 Å². The molecule has 0 bridgehead atoms. The SMILES string of the molecule is CC(C)N(CC(=O)Nc1cc(F)cc(F)c1)Cc1ccccc1. The Bertz CT molecular complexity index is 639. The van der Waals surface area contributed by atoms with Gasteiger partial charge in [-0.2, -0.15) is 0 Å². The number of carbonyl (C=O) groups is 1. The van der Waals surface area contributed by atoms with Gasteiger partial charge in [0, 0.05) is 24.3 Å². The molecule has 2 aromatic rings. The molecule has 0 spiro atoms. The third-order valence-corrected chi connectivity index (χ3v) is 3.45. The summed E-state index contributed by atoms with van der Waals surface area (Å²) >= 11 is 0. The van der Waals surface area contributed by atoms with Gasteiger partial charge < -0.3 is 5.32 Å². The van der Waals surface area contributed by atoms with Crippen LogP contribution in [0.25, 0.3) is 0 Å². The molecule has 0 unspecified atom stereocenters. The third-order valence-electron chi connectivity index (χ3n) is 3.45. The minimum atomic E-state index is -0.717. The van der Waals surface area contributed by atoms with Gasteiger partial charge in [-0.05, 0) is 31.5 Å². The second-order valence-electron chi connectivity index (χ2n) is 5.69. The highest BCUT2D eigenvalue weighted by Gasteiger charge is 2.15. The van der Waals surface area contributed by atoms with E-state index in [1.807, 2.05) is 49.1 Å². The van der Waals surface area contributed by atoms with E-state index in [1.54, 1.807) is 0 Å². The van der Waals surface area contributed by atoms with Crippen LogP contribution in [0.4, 0.5) is 14.5 Å². The summed E-state index contributed by atoms with van der Waals surface area (Å²) in [6, 6.07) is 12.9. The lowest BCUT2D eigenvalue weighted by Gasteiger charge is -2.26. The van der Waals surface area contributed by atoms with Crippen LogP contribution < -0.4 is 5.32 Å². The monoisotopic (exact) mass is 318 g/mol. The standard InChI is InChI=1S/C18H20F2N2O/c1-13(2)22(11-14-6-4-3-5-7-14)12-18(23)21-17-9-15(19)8-16(20)10-17/h3-10,13H,11-12H2,1-2H3,(H,21,23). The van der Waals surface area contributed by atoms with Crippen molar-refractivity contribution in [3.05, 3.63) is 65.7 Å². The Morgan fingerprint density at radius 3 is 2.26 bits per heavy atom. The Balaban J connectivity index is 2.00. The Morgan fingerprint density at radius 2 is 1.70 bits per heavy atom. The first-order chi connectivity index (χ1) is 10.9. The smallest absolute Gasteiger partial charge is 0.238 e. The molecule has 0 aliphatic carbocycles. The predicted molar refractivity (Wildman–Crippen MR) is 87.0 cm³/mol. The number of nitrogens with one attached hydrogen (secondary N) is 1. The number of hydrogen-bond acceptors (Lipinski definition) is 2. The Morgan fingerprint density at radius 1 is 1.09 bits per heavy atom. The predicted octanol–water partition coefficient (Wildman–Crippen LogP) is 3.81. The zero-order chi connectivity index (χ0) is 16.8. The fraction of sp³-hybridized carbons (Fsp3) is 0.278. The van der Waals surface area contributed by atoms with Gasteiger partial charge in [0.25, 0.3) is 0 Å². The molecule has 0 aliphatic rings. The van der Waals surface area contributed by atoms with E-state index in [0.717, 1.165) is 23.8 Å². The first-order valence-electron chi connectivity index (χ1n) is 7.48. The van der Waals surface area contributed by atoms with Gasteiger partial charge in [0.2, 0.25) is 5.91 Å². The Hall–Kier alpha value is -2.27. The van der Waals surface area contributed by atoms with E-state index < -0.39 is 11.6 Å². The number of rotatable bonds is 6. The van der Waals surface area contributed by atoms with E-state index in [9.17, 15) is 13.6 Å². The van der Waals surface area contributed by atoms with Crippen LogP contribution in [0, 0.1) is 11.6 Å². The van der Waals surface area contributed by atoms with Gasteiger partial charge in [0.15, 0.2) is 0 Å². The van der Waals surface area contributed by atoms with Gasteiger partial charge in [-0.15, -0.1) is 0 Å². The molecule has 0 fully saturated rings. The van der Waals surface area contributed by atoms with Gasteiger partial charge >= 0.3 is 0 Å². The van der Waals surface area contributed by atoms with Crippen LogP contribution in [0.2, 0.25) is 0 Å². The first-order valence-corrected chi connectivity index (χ1v) is 7.48. The maximum atomic E-state index is 13.2. The average Bonchev–Trinajstić information content (AvgIpc) is 2.46. The molecule has 1 N–H and O–H groups in total. The van der Waals surface area contributed by atoms with Crippen molar-refractivity contribution in [3.8, 4) is 0 Å². The van der Waals surface area contributed by atoms with Crippen molar-refractivity contribution in [1.82, 2.24) is 4.90 Å². The van der Waals surface area contributed by atoms with Crippen molar-refractivity contribution in [2.75, 3.05) is 11.9 Å². The van der Waals surface area contributed by atoms with Gasteiger partial charge in [-0.1, -0.05) is 30.3 Å². The lowest BCUT2D eigenvalue weighted by molar-refractivity contribution is -0.117. The number of halogens is 2. The summed E-state index contributed by atoms with van der Waals surface area (Å²) in [5.74, 6) is -1.74. The van der Waals surface area contributed by atoms with Crippen molar-refractivity contribution in [1.29, 1.82) is 0 Å². The highest BCUT2D eigenvalue weighted by atomic mass is 19.1. The van der Waals surface area contributed by atoms with Crippen molar-refractivity contribution in [3.63, 3.8) is 0 Å². The van der Waals surface area contributed by atoms with Gasteiger partial charge in [-0.3, -0.25) is 9.69 Å². The van der Waals surface area contributed by atoms with E-state index in [0.29, 0.717) is 6.54 Å². The van der Waals surface area contributed by atoms with E-state index in [4.69, 9.17) is 0 Å². The van der Waals surface area contributed by atoms with Crippen LogP contribution in [0.5, 0.6) is 0 Å². The highest BCUT2D eigenvalue weighted by Crippen LogP contribution is 2.13. The molecular weight excluding hydrogens is 298 g/mol. The summed E-state index contributed by atoms with van der Waals surface area (Å²) in [6.45, 7) is 4.77. The molecule has 3 nitrogen and oxygen atoms in total. The van der Waals surface area contributed by atoms with Crippen LogP contribution in [-0.4, -0.2) is 23.4 Å². The molecule has 23 heavy (non-hydrogen) atoms. The van der Waals surface area contributed by atoms with Crippen LogP contribution in [0.15, 0.2) is 48.5 Å². The van der Waals surface area contributed by atoms with E-state index in [1.165, 1.54) is 0 Å². The molecule has 1 amide bonds. The molecule has 0 radical (unpaired) electrons. The summed E-state index contributed by atoms with van der Waals surface area (Å²) < 4.78 is 26.3. The number of hydrogen-bond donors (Lipinski definition) is 1. The molecule has 0 atom stereocenters.